The lowest BCUT2D eigenvalue weighted by atomic mass is 9.73. The maximum Gasteiger partial charge on any atom is 0.259 e. The van der Waals surface area contributed by atoms with E-state index in [-0.39, 0.29) is 35.3 Å². The van der Waals surface area contributed by atoms with Crippen LogP contribution in [0.5, 0.6) is 0 Å². The number of pyridine rings is 1. The molecule has 268 valence electrons. The predicted octanol–water partition coefficient (Wildman–Crippen LogP) is 8.32. The summed E-state index contributed by atoms with van der Waals surface area (Å²) < 4.78 is 19.9. The molecule has 9 rings (SSSR count). The number of hydrogen-bond acceptors (Lipinski definition) is 7. The summed E-state index contributed by atoms with van der Waals surface area (Å²) in [6.45, 7) is 3.76. The van der Waals surface area contributed by atoms with E-state index in [9.17, 15) is 18.8 Å². The van der Waals surface area contributed by atoms with Gasteiger partial charge in [0, 0.05) is 72.6 Å². The normalized spacial score (nSPS) is 17.4. The number of amides is 2. The molecule has 2 amide bonds. The van der Waals surface area contributed by atoms with Gasteiger partial charge in [-0.15, -0.1) is 11.3 Å². The number of rotatable bonds is 8. The van der Waals surface area contributed by atoms with E-state index in [0.717, 1.165) is 85.1 Å². The van der Waals surface area contributed by atoms with Gasteiger partial charge in [0.2, 0.25) is 0 Å². The second-order valence-electron chi connectivity index (χ2n) is 14.8. The monoisotopic (exact) mass is 726 g/mol. The zero-order valence-electron chi connectivity index (χ0n) is 29.3. The van der Waals surface area contributed by atoms with E-state index in [0.29, 0.717) is 46.1 Å². The van der Waals surface area contributed by atoms with Crippen molar-refractivity contribution in [3.63, 3.8) is 0 Å². The number of Topliss-reactive ketones (excluding diaryl/α,β-unsaturated/α-hetero) is 1. The quantitative estimate of drug-likeness (QED) is 0.162. The third kappa shape index (κ3) is 6.55. The van der Waals surface area contributed by atoms with Gasteiger partial charge in [-0.05, 0) is 103 Å². The number of ether oxygens (including phenoxy) is 1. The van der Waals surface area contributed by atoms with E-state index in [1.54, 1.807) is 47.4 Å². The number of carbonyl (C=O) groups is 3. The molecule has 0 bridgehead atoms. The van der Waals surface area contributed by atoms with Crippen molar-refractivity contribution in [2.75, 3.05) is 48.0 Å². The summed E-state index contributed by atoms with van der Waals surface area (Å²) in [5.41, 5.74) is 6.08. The van der Waals surface area contributed by atoms with Crippen molar-refractivity contribution < 1.29 is 23.5 Å². The van der Waals surface area contributed by atoms with Gasteiger partial charge < -0.3 is 19.9 Å². The number of benzene rings is 3. The molecule has 5 heterocycles. The van der Waals surface area contributed by atoms with Crippen molar-refractivity contribution >= 4 is 46.1 Å². The van der Waals surface area contributed by atoms with Crippen LogP contribution in [0.2, 0.25) is 0 Å². The van der Waals surface area contributed by atoms with Gasteiger partial charge in [0.05, 0.1) is 16.1 Å². The van der Waals surface area contributed by atoms with Crippen LogP contribution < -0.4 is 15.1 Å². The first-order valence-corrected chi connectivity index (χ1v) is 19.2. The summed E-state index contributed by atoms with van der Waals surface area (Å²) in [5.74, 6) is 0.330. The molecule has 0 radical (unpaired) electrons. The molecule has 53 heavy (non-hydrogen) atoms. The van der Waals surface area contributed by atoms with Crippen LogP contribution in [-0.2, 0) is 17.6 Å². The summed E-state index contributed by atoms with van der Waals surface area (Å²) in [4.78, 5) is 51.5. The SMILES string of the molecule is O=C(Cc1ccccc1F)c1cc2c(s1)-c1ccccc1N(C(=O)c1ccc(NC(=O)c3cc(C4CC4)cnc3N3CC4(CCOCC4)C3)cc1)CC2. The number of para-hydroxylation sites is 1. The van der Waals surface area contributed by atoms with E-state index in [1.807, 2.05) is 42.6 Å². The summed E-state index contributed by atoms with van der Waals surface area (Å²) in [6, 6.07) is 25.1. The topological polar surface area (TPSA) is 91.8 Å². The van der Waals surface area contributed by atoms with Crippen molar-refractivity contribution in [3.8, 4) is 10.4 Å². The Bertz CT molecular complexity index is 2230. The Hall–Kier alpha value is -5.19. The lowest BCUT2D eigenvalue weighted by molar-refractivity contribution is -0.000512. The molecule has 3 fully saturated rings. The zero-order valence-corrected chi connectivity index (χ0v) is 30.1. The second kappa shape index (κ2) is 13.7. The maximum absolute atomic E-state index is 14.3. The summed E-state index contributed by atoms with van der Waals surface area (Å²) in [6.07, 6.45) is 6.81. The number of nitrogens with one attached hydrogen (secondary N) is 1. The van der Waals surface area contributed by atoms with E-state index < -0.39 is 0 Å². The van der Waals surface area contributed by atoms with Gasteiger partial charge in [0.15, 0.2) is 5.78 Å². The predicted molar refractivity (Wildman–Crippen MR) is 205 cm³/mol. The van der Waals surface area contributed by atoms with Crippen molar-refractivity contribution in [1.29, 1.82) is 0 Å². The Morgan fingerprint density at radius 2 is 1.70 bits per heavy atom. The summed E-state index contributed by atoms with van der Waals surface area (Å²) >= 11 is 1.40. The molecule has 1 saturated carbocycles. The molecule has 8 nitrogen and oxygen atoms in total. The second-order valence-corrected chi connectivity index (χ2v) is 15.8. The van der Waals surface area contributed by atoms with E-state index in [4.69, 9.17) is 9.72 Å². The molecule has 1 aliphatic carbocycles. The Kier molecular flexibility index (Phi) is 8.67. The molecule has 4 aliphatic rings. The van der Waals surface area contributed by atoms with Crippen molar-refractivity contribution in [2.24, 2.45) is 5.41 Å². The van der Waals surface area contributed by atoms with Crippen LogP contribution in [-0.4, -0.2) is 55.4 Å². The largest absolute Gasteiger partial charge is 0.381 e. The van der Waals surface area contributed by atoms with Crippen LogP contribution in [0, 0.1) is 11.2 Å². The Labute approximate surface area is 311 Å². The van der Waals surface area contributed by atoms with Crippen LogP contribution in [0.15, 0.2) is 91.1 Å². The first-order chi connectivity index (χ1) is 25.8. The molecule has 3 aliphatic heterocycles. The first kappa shape index (κ1) is 33.6. The Balaban J connectivity index is 0.913. The first-order valence-electron chi connectivity index (χ1n) is 18.4. The highest BCUT2D eigenvalue weighted by Gasteiger charge is 2.45. The molecular formula is C43H39FN4O4S. The number of thiophene rings is 1. The van der Waals surface area contributed by atoms with Gasteiger partial charge in [-0.2, -0.15) is 0 Å². The van der Waals surface area contributed by atoms with Crippen molar-refractivity contribution in [2.45, 2.75) is 44.4 Å². The number of carbonyl (C=O) groups excluding carboxylic acids is 3. The minimum absolute atomic E-state index is 0.00502. The lowest BCUT2D eigenvalue weighted by Gasteiger charge is -2.53. The van der Waals surface area contributed by atoms with Gasteiger partial charge in [0.25, 0.3) is 11.8 Å². The van der Waals surface area contributed by atoms with Crippen LogP contribution in [0.25, 0.3) is 10.4 Å². The average molecular weight is 727 g/mol. The average Bonchev–Trinajstić information content (AvgIpc) is 3.96. The molecular weight excluding hydrogens is 688 g/mol. The third-order valence-electron chi connectivity index (χ3n) is 11.2. The third-order valence-corrected chi connectivity index (χ3v) is 12.4. The van der Waals surface area contributed by atoms with Crippen LogP contribution in [0.3, 0.4) is 0 Å². The molecule has 10 heteroatoms. The molecule has 0 atom stereocenters. The molecule has 0 unspecified atom stereocenters. The number of anilines is 3. The number of fused-ring (bicyclic) bond motifs is 3. The van der Waals surface area contributed by atoms with Crippen LogP contribution >= 0.6 is 11.3 Å². The van der Waals surface area contributed by atoms with Gasteiger partial charge in [-0.1, -0.05) is 36.4 Å². The maximum atomic E-state index is 14.3. The molecule has 2 aromatic heterocycles. The number of hydrogen-bond donors (Lipinski definition) is 1. The standard InChI is InChI=1S/C43H39FN4O4S/c44-35-7-3-1-5-29(35)22-37(49)38-23-30-15-18-48(36-8-4-2-6-33(36)39(30)53-38)42(51)28-11-13-32(14-12-28)46-41(50)34-21-31(27-9-10-27)24-45-40(34)47-25-43(26-47)16-19-52-20-17-43/h1-8,11-14,21,23-24,27H,9-10,15-20,22,25-26H2,(H,46,50). The molecule has 1 N–H and O–H groups in total. The minimum Gasteiger partial charge on any atom is -0.381 e. The molecule has 3 aromatic carbocycles. The number of aromatic nitrogens is 1. The lowest BCUT2D eigenvalue weighted by Crippen LogP contribution is -2.59. The zero-order chi connectivity index (χ0) is 36.1. The van der Waals surface area contributed by atoms with E-state index in [2.05, 4.69) is 10.2 Å². The van der Waals surface area contributed by atoms with E-state index >= 15 is 0 Å². The van der Waals surface area contributed by atoms with E-state index in [1.165, 1.54) is 17.4 Å². The van der Waals surface area contributed by atoms with Gasteiger partial charge >= 0.3 is 0 Å². The Morgan fingerprint density at radius 1 is 0.943 bits per heavy atom. The van der Waals surface area contributed by atoms with Crippen LogP contribution in [0.1, 0.15) is 78.7 Å². The number of halogens is 1. The molecule has 5 aromatic rings. The van der Waals surface area contributed by atoms with Gasteiger partial charge in [0.1, 0.15) is 11.6 Å². The molecule has 1 spiro atoms. The summed E-state index contributed by atoms with van der Waals surface area (Å²) in [5, 5.41) is 3.07. The molecule has 2 saturated heterocycles. The fourth-order valence-corrected chi connectivity index (χ4v) is 9.15. The fraction of sp³-hybridized carbons (Fsp3) is 0.302. The van der Waals surface area contributed by atoms with Crippen molar-refractivity contribution in [1.82, 2.24) is 4.98 Å². The van der Waals surface area contributed by atoms with Gasteiger partial charge in [-0.3, -0.25) is 14.4 Å². The highest BCUT2D eigenvalue weighted by Crippen LogP contribution is 2.45. The Morgan fingerprint density at radius 3 is 2.47 bits per heavy atom. The summed E-state index contributed by atoms with van der Waals surface area (Å²) in [7, 11) is 0. The van der Waals surface area contributed by atoms with Crippen molar-refractivity contribution in [3.05, 3.63) is 130 Å². The minimum atomic E-state index is -0.384. The van der Waals surface area contributed by atoms with Crippen LogP contribution in [0.4, 0.5) is 21.6 Å². The van der Waals surface area contributed by atoms with Gasteiger partial charge in [-0.25, -0.2) is 9.37 Å². The number of ketones is 1. The smallest absolute Gasteiger partial charge is 0.259 e. The highest BCUT2D eigenvalue weighted by atomic mass is 32.1. The highest BCUT2D eigenvalue weighted by molar-refractivity contribution is 7.17. The number of nitrogens with zero attached hydrogens (tertiary/aromatic N) is 3. The fourth-order valence-electron chi connectivity index (χ4n) is 7.96.